The molecule has 7 nitrogen and oxygen atoms in total. The van der Waals surface area contributed by atoms with Gasteiger partial charge in [0, 0.05) is 36.4 Å². The van der Waals surface area contributed by atoms with Crippen LogP contribution >= 0.6 is 0 Å². The second-order valence-electron chi connectivity index (χ2n) is 11.9. The van der Waals surface area contributed by atoms with Crippen molar-refractivity contribution in [2.45, 2.75) is 62.9 Å². The largest absolute Gasteiger partial charge is 0.395 e. The molecule has 7 heteroatoms. The van der Waals surface area contributed by atoms with E-state index in [1.54, 1.807) is 4.90 Å². The predicted molar refractivity (Wildman–Crippen MR) is 155 cm³/mol. The summed E-state index contributed by atoms with van der Waals surface area (Å²) in [7, 11) is 4.37. The molecule has 3 amide bonds. The molecule has 1 heterocycles. The zero-order valence-electron chi connectivity index (χ0n) is 23.8. The van der Waals surface area contributed by atoms with Crippen molar-refractivity contribution in [3.05, 3.63) is 65.7 Å². The van der Waals surface area contributed by atoms with Crippen LogP contribution in [-0.2, 0) is 5.54 Å². The Labute approximate surface area is 233 Å². The van der Waals surface area contributed by atoms with E-state index < -0.39 is 0 Å². The molecular formula is C32H44N4O3. The van der Waals surface area contributed by atoms with Gasteiger partial charge in [-0.2, -0.15) is 0 Å². The maximum Gasteiger partial charge on any atom is 0.325 e. The Morgan fingerprint density at radius 3 is 2.21 bits per heavy atom. The third-order valence-electron chi connectivity index (χ3n) is 9.79. The highest BCUT2D eigenvalue weighted by molar-refractivity contribution is 5.97. The van der Waals surface area contributed by atoms with E-state index in [0.29, 0.717) is 31.1 Å². The summed E-state index contributed by atoms with van der Waals surface area (Å²) in [5.41, 5.74) is 2.60. The van der Waals surface area contributed by atoms with Crippen LogP contribution in [0, 0.1) is 5.92 Å². The first-order valence-electron chi connectivity index (χ1n) is 14.7. The summed E-state index contributed by atoms with van der Waals surface area (Å²) in [5, 5.41) is 9.29. The molecule has 3 fully saturated rings. The minimum absolute atomic E-state index is 0.0210. The molecule has 0 radical (unpaired) electrons. The molecule has 1 N–H and O–H groups in total. The molecule has 0 bridgehead atoms. The molecule has 0 atom stereocenters. The van der Waals surface area contributed by atoms with Crippen molar-refractivity contribution in [1.82, 2.24) is 14.7 Å². The van der Waals surface area contributed by atoms with Crippen LogP contribution in [0.25, 0.3) is 0 Å². The molecular weight excluding hydrogens is 488 g/mol. The molecule has 2 aromatic rings. The highest BCUT2D eigenvalue weighted by atomic mass is 16.3. The number of amides is 3. The highest BCUT2D eigenvalue weighted by Gasteiger charge is 2.55. The average molecular weight is 533 g/mol. The lowest BCUT2D eigenvalue weighted by Gasteiger charge is -2.51. The fraction of sp³-hybridized carbons (Fsp3) is 0.562. The summed E-state index contributed by atoms with van der Waals surface area (Å²) >= 11 is 0. The van der Waals surface area contributed by atoms with Crippen LogP contribution in [0.15, 0.2) is 54.6 Å². The van der Waals surface area contributed by atoms with Gasteiger partial charge in [-0.05, 0) is 95.3 Å². The van der Waals surface area contributed by atoms with Gasteiger partial charge in [-0.25, -0.2) is 4.79 Å². The van der Waals surface area contributed by atoms with Gasteiger partial charge in [0.1, 0.15) is 0 Å². The monoisotopic (exact) mass is 532 g/mol. The minimum atomic E-state index is -0.171. The van der Waals surface area contributed by atoms with Gasteiger partial charge in [-0.1, -0.05) is 36.8 Å². The number of aliphatic hydroxyl groups is 1. The smallest absolute Gasteiger partial charge is 0.325 e. The van der Waals surface area contributed by atoms with Crippen LogP contribution in [0.2, 0.25) is 0 Å². The van der Waals surface area contributed by atoms with Crippen LogP contribution < -0.4 is 4.90 Å². The van der Waals surface area contributed by atoms with Crippen LogP contribution in [0.1, 0.15) is 67.8 Å². The van der Waals surface area contributed by atoms with Crippen molar-refractivity contribution in [2.75, 3.05) is 51.8 Å². The van der Waals surface area contributed by atoms with Crippen LogP contribution in [0.4, 0.5) is 10.5 Å². The molecule has 0 aromatic heterocycles. The van der Waals surface area contributed by atoms with Gasteiger partial charge in [0.2, 0.25) is 0 Å². The van der Waals surface area contributed by atoms with Crippen molar-refractivity contribution in [2.24, 2.45) is 5.92 Å². The van der Waals surface area contributed by atoms with E-state index >= 15 is 0 Å². The Hall–Kier alpha value is -2.90. The Morgan fingerprint density at radius 2 is 1.67 bits per heavy atom. The number of aliphatic hydroxyl groups excluding tert-OH is 1. The lowest BCUT2D eigenvalue weighted by atomic mass is 9.68. The molecule has 210 valence electrons. The summed E-state index contributed by atoms with van der Waals surface area (Å²) in [6.07, 6.45) is 7.65. The topological polar surface area (TPSA) is 67.3 Å². The van der Waals surface area contributed by atoms with Crippen molar-refractivity contribution in [1.29, 1.82) is 0 Å². The molecule has 2 aliphatic carbocycles. The van der Waals surface area contributed by atoms with E-state index in [0.717, 1.165) is 37.9 Å². The third-order valence-corrected chi connectivity index (χ3v) is 9.79. The van der Waals surface area contributed by atoms with Gasteiger partial charge in [-0.3, -0.25) is 14.6 Å². The Bertz CT molecular complexity index is 1140. The number of carbonyl (C=O) groups excluding carboxylic acids is 2. The molecule has 1 spiro atoms. The number of hydrogen-bond acceptors (Lipinski definition) is 4. The van der Waals surface area contributed by atoms with Gasteiger partial charge >= 0.3 is 6.03 Å². The number of likely N-dealkylation sites (N-methyl/N-ethyl adjacent to an activating group) is 1. The maximum absolute atomic E-state index is 14.0. The summed E-state index contributed by atoms with van der Waals surface area (Å²) in [4.78, 5) is 35.1. The van der Waals surface area contributed by atoms with E-state index in [1.807, 2.05) is 36.1 Å². The summed E-state index contributed by atoms with van der Waals surface area (Å²) in [6, 6.07) is 18.4. The highest BCUT2D eigenvalue weighted by Crippen LogP contribution is 2.50. The van der Waals surface area contributed by atoms with Crippen molar-refractivity contribution in [3.8, 4) is 0 Å². The zero-order valence-corrected chi connectivity index (χ0v) is 23.8. The van der Waals surface area contributed by atoms with E-state index in [9.17, 15) is 14.7 Å². The Balaban J connectivity index is 1.39. The maximum atomic E-state index is 14.0. The molecule has 1 aliphatic heterocycles. The first kappa shape index (κ1) is 27.7. The number of nitrogens with zero attached hydrogens (tertiary/aromatic N) is 4. The minimum Gasteiger partial charge on any atom is -0.395 e. The number of benzene rings is 2. The van der Waals surface area contributed by atoms with E-state index in [4.69, 9.17) is 0 Å². The van der Waals surface area contributed by atoms with Crippen LogP contribution in [0.3, 0.4) is 0 Å². The first-order valence-corrected chi connectivity index (χ1v) is 14.7. The third kappa shape index (κ3) is 5.07. The van der Waals surface area contributed by atoms with E-state index in [-0.39, 0.29) is 29.6 Å². The number of hydrogen-bond donors (Lipinski definition) is 1. The number of carbonyl (C=O) groups is 2. The summed E-state index contributed by atoms with van der Waals surface area (Å²) < 4.78 is 0. The van der Waals surface area contributed by atoms with Crippen LogP contribution in [0.5, 0.6) is 0 Å². The quantitative estimate of drug-likeness (QED) is 0.496. The zero-order chi connectivity index (χ0) is 27.6. The molecule has 1 saturated heterocycles. The SMILES string of the molecule is CCN(CCO)C(=O)c1ccc(N2C[C@]3(CC[C@](c4ccccc4)(N(C)C)CC3)N(CC3CCC3)C2=O)cc1. The van der Waals surface area contributed by atoms with E-state index in [1.165, 1.54) is 24.8 Å². The number of rotatable bonds is 9. The first-order chi connectivity index (χ1) is 18.8. The lowest BCUT2D eigenvalue weighted by Crippen LogP contribution is -2.56. The van der Waals surface area contributed by atoms with Crippen LogP contribution in [-0.4, -0.2) is 84.2 Å². The fourth-order valence-corrected chi connectivity index (χ4v) is 6.99. The summed E-state index contributed by atoms with van der Waals surface area (Å²) in [5.74, 6) is 0.508. The van der Waals surface area contributed by atoms with Gasteiger partial charge in [0.05, 0.1) is 18.7 Å². The fourth-order valence-electron chi connectivity index (χ4n) is 6.99. The second-order valence-corrected chi connectivity index (χ2v) is 11.9. The van der Waals surface area contributed by atoms with Gasteiger partial charge < -0.3 is 14.9 Å². The lowest BCUT2D eigenvalue weighted by molar-refractivity contribution is 0.0172. The van der Waals surface area contributed by atoms with Crippen molar-refractivity contribution < 1.29 is 14.7 Å². The molecule has 2 aromatic carbocycles. The standard InChI is InChI=1S/C32H44N4O3/c1-4-34(21-22-37)29(38)26-13-15-28(16-14-26)35-24-31(36(30(35)39)23-25-9-8-10-25)17-19-32(20-18-31,33(2)3)27-11-6-5-7-12-27/h5-7,11-16,25,37H,4,8-10,17-24H2,1-3H3/t31-,32+. The molecule has 0 unspecified atom stereocenters. The van der Waals surface area contributed by atoms with Crippen molar-refractivity contribution >= 4 is 17.6 Å². The van der Waals surface area contributed by atoms with Crippen molar-refractivity contribution in [3.63, 3.8) is 0 Å². The molecule has 3 aliphatic rings. The normalized spacial score (nSPS) is 25.4. The Kier molecular flexibility index (Phi) is 8.01. The average Bonchev–Trinajstić information content (AvgIpc) is 3.20. The van der Waals surface area contributed by atoms with Gasteiger partial charge in [0.25, 0.3) is 5.91 Å². The second kappa shape index (κ2) is 11.3. The predicted octanol–water partition coefficient (Wildman–Crippen LogP) is 4.95. The number of urea groups is 1. The summed E-state index contributed by atoms with van der Waals surface area (Å²) in [6.45, 7) is 4.25. The van der Waals surface area contributed by atoms with Gasteiger partial charge in [0.15, 0.2) is 0 Å². The number of anilines is 1. The Morgan fingerprint density at radius 1 is 1.00 bits per heavy atom. The molecule has 39 heavy (non-hydrogen) atoms. The molecule has 2 saturated carbocycles. The van der Waals surface area contributed by atoms with Gasteiger partial charge in [-0.15, -0.1) is 0 Å². The van der Waals surface area contributed by atoms with E-state index in [2.05, 4.69) is 54.2 Å². The molecule has 5 rings (SSSR count).